The number of carbonyl (C=O) groups is 1. The summed E-state index contributed by atoms with van der Waals surface area (Å²) in [7, 11) is 1.65. The van der Waals surface area contributed by atoms with Gasteiger partial charge in [-0.05, 0) is 26.7 Å². The van der Waals surface area contributed by atoms with Gasteiger partial charge in [0.1, 0.15) is 0 Å². The van der Waals surface area contributed by atoms with E-state index in [1.807, 2.05) is 6.92 Å². The van der Waals surface area contributed by atoms with Crippen LogP contribution in [0.2, 0.25) is 0 Å². The lowest BCUT2D eigenvalue weighted by molar-refractivity contribution is -0.152. The fourth-order valence-corrected chi connectivity index (χ4v) is 1.17. The quantitative estimate of drug-likeness (QED) is 0.359. The van der Waals surface area contributed by atoms with Crippen molar-refractivity contribution in [1.82, 2.24) is 0 Å². The Morgan fingerprint density at radius 3 is 2.64 bits per heavy atom. The number of methoxy groups -OCH3 is 1. The molecule has 0 aliphatic rings. The molecule has 0 radical (unpaired) electrons. The monoisotopic (exact) mass is 200 g/mol. The summed E-state index contributed by atoms with van der Waals surface area (Å²) >= 11 is 0. The molecular formula is C11H20O3. The average Bonchev–Trinajstić information content (AvgIpc) is 2.18. The first-order valence-electron chi connectivity index (χ1n) is 4.90. The molecule has 0 aliphatic heterocycles. The molecule has 3 heteroatoms. The normalized spacial score (nSPS) is 14.5. The predicted molar refractivity (Wildman–Crippen MR) is 56.0 cm³/mol. The topological polar surface area (TPSA) is 35.5 Å². The van der Waals surface area contributed by atoms with Gasteiger partial charge in [0.25, 0.3) is 0 Å². The van der Waals surface area contributed by atoms with Crippen molar-refractivity contribution in [3.8, 4) is 0 Å². The maximum absolute atomic E-state index is 11.6. The number of hydrogen-bond acceptors (Lipinski definition) is 3. The van der Waals surface area contributed by atoms with Gasteiger partial charge in [-0.2, -0.15) is 0 Å². The third-order valence-electron chi connectivity index (χ3n) is 2.24. The summed E-state index contributed by atoms with van der Waals surface area (Å²) in [4.78, 5) is 11.6. The highest BCUT2D eigenvalue weighted by atomic mass is 16.5. The minimum Gasteiger partial charge on any atom is -0.465 e. The van der Waals surface area contributed by atoms with E-state index in [-0.39, 0.29) is 5.97 Å². The van der Waals surface area contributed by atoms with Gasteiger partial charge in [0.05, 0.1) is 12.0 Å². The Labute approximate surface area is 86.1 Å². The molecule has 1 unspecified atom stereocenters. The summed E-state index contributed by atoms with van der Waals surface area (Å²) in [5, 5.41) is 0. The molecule has 0 aromatic rings. The van der Waals surface area contributed by atoms with Crippen molar-refractivity contribution < 1.29 is 14.3 Å². The van der Waals surface area contributed by atoms with Crippen molar-refractivity contribution >= 4 is 5.97 Å². The lowest BCUT2D eigenvalue weighted by atomic mass is 9.86. The van der Waals surface area contributed by atoms with E-state index in [1.165, 1.54) is 0 Å². The largest absolute Gasteiger partial charge is 0.465 e. The second kappa shape index (κ2) is 6.60. The van der Waals surface area contributed by atoms with E-state index in [4.69, 9.17) is 9.47 Å². The van der Waals surface area contributed by atoms with Gasteiger partial charge in [0, 0.05) is 13.7 Å². The zero-order valence-corrected chi connectivity index (χ0v) is 9.34. The SMILES string of the molecule is C=CC(C)(CCCOC)C(=O)OCC. The first-order chi connectivity index (χ1) is 6.60. The molecule has 0 fully saturated rings. The van der Waals surface area contributed by atoms with Crippen LogP contribution >= 0.6 is 0 Å². The van der Waals surface area contributed by atoms with Crippen LogP contribution in [-0.4, -0.2) is 26.3 Å². The molecule has 0 bridgehead atoms. The Hall–Kier alpha value is -0.830. The Bertz CT molecular complexity index is 189. The zero-order valence-electron chi connectivity index (χ0n) is 9.34. The van der Waals surface area contributed by atoms with Gasteiger partial charge in [-0.3, -0.25) is 4.79 Å². The third kappa shape index (κ3) is 3.92. The minimum absolute atomic E-state index is 0.203. The molecule has 0 aliphatic carbocycles. The summed E-state index contributed by atoms with van der Waals surface area (Å²) in [6, 6.07) is 0. The van der Waals surface area contributed by atoms with Gasteiger partial charge in [-0.25, -0.2) is 0 Å². The molecule has 1 atom stereocenters. The number of rotatable bonds is 7. The molecule has 0 N–H and O–H groups in total. The van der Waals surface area contributed by atoms with Crippen molar-refractivity contribution in [2.75, 3.05) is 20.3 Å². The lowest BCUT2D eigenvalue weighted by Crippen LogP contribution is -2.28. The molecular weight excluding hydrogens is 180 g/mol. The Balaban J connectivity index is 4.16. The molecule has 0 rings (SSSR count). The second-order valence-corrected chi connectivity index (χ2v) is 3.44. The molecule has 0 saturated carbocycles. The van der Waals surface area contributed by atoms with Crippen LogP contribution < -0.4 is 0 Å². The van der Waals surface area contributed by atoms with Crippen molar-refractivity contribution in [3.05, 3.63) is 12.7 Å². The van der Waals surface area contributed by atoms with Crippen LogP contribution in [0.5, 0.6) is 0 Å². The Morgan fingerprint density at radius 2 is 2.21 bits per heavy atom. The molecule has 0 aromatic carbocycles. The Morgan fingerprint density at radius 1 is 1.57 bits per heavy atom. The van der Waals surface area contributed by atoms with Crippen LogP contribution in [0.1, 0.15) is 26.7 Å². The van der Waals surface area contributed by atoms with Crippen LogP contribution in [0.15, 0.2) is 12.7 Å². The highest BCUT2D eigenvalue weighted by Gasteiger charge is 2.30. The van der Waals surface area contributed by atoms with E-state index in [2.05, 4.69) is 6.58 Å². The minimum atomic E-state index is -0.575. The summed E-state index contributed by atoms with van der Waals surface area (Å²) in [5.74, 6) is -0.203. The van der Waals surface area contributed by atoms with Gasteiger partial charge in [0.2, 0.25) is 0 Å². The van der Waals surface area contributed by atoms with E-state index < -0.39 is 5.41 Å². The van der Waals surface area contributed by atoms with Crippen LogP contribution in [0, 0.1) is 5.41 Å². The maximum Gasteiger partial charge on any atom is 0.315 e. The van der Waals surface area contributed by atoms with Gasteiger partial charge in [0.15, 0.2) is 0 Å². The van der Waals surface area contributed by atoms with Crippen LogP contribution in [-0.2, 0) is 14.3 Å². The molecule has 0 spiro atoms. The summed E-state index contributed by atoms with van der Waals surface area (Å²) in [6.07, 6.45) is 3.20. The maximum atomic E-state index is 11.6. The number of ether oxygens (including phenoxy) is 2. The van der Waals surface area contributed by atoms with E-state index in [0.717, 1.165) is 6.42 Å². The summed E-state index contributed by atoms with van der Waals surface area (Å²) in [6.45, 7) is 8.38. The van der Waals surface area contributed by atoms with E-state index >= 15 is 0 Å². The van der Waals surface area contributed by atoms with Crippen LogP contribution in [0.4, 0.5) is 0 Å². The smallest absolute Gasteiger partial charge is 0.315 e. The highest BCUT2D eigenvalue weighted by molar-refractivity contribution is 5.78. The van der Waals surface area contributed by atoms with Gasteiger partial charge in [-0.1, -0.05) is 6.08 Å². The fraction of sp³-hybridized carbons (Fsp3) is 0.727. The summed E-state index contributed by atoms with van der Waals surface area (Å²) < 4.78 is 9.91. The molecule has 0 aromatic heterocycles. The average molecular weight is 200 g/mol. The number of carbonyl (C=O) groups excluding carboxylic acids is 1. The Kier molecular flexibility index (Phi) is 6.21. The molecule has 0 heterocycles. The molecule has 0 amide bonds. The van der Waals surface area contributed by atoms with Crippen LogP contribution in [0.3, 0.4) is 0 Å². The summed E-state index contributed by atoms with van der Waals surface area (Å²) in [5.41, 5.74) is -0.575. The van der Waals surface area contributed by atoms with Crippen molar-refractivity contribution in [3.63, 3.8) is 0 Å². The third-order valence-corrected chi connectivity index (χ3v) is 2.24. The molecule has 3 nitrogen and oxygen atoms in total. The van der Waals surface area contributed by atoms with E-state index in [1.54, 1.807) is 20.1 Å². The van der Waals surface area contributed by atoms with Crippen molar-refractivity contribution in [1.29, 1.82) is 0 Å². The van der Waals surface area contributed by atoms with Gasteiger partial charge in [-0.15, -0.1) is 6.58 Å². The predicted octanol–water partition coefficient (Wildman–Crippen LogP) is 2.17. The van der Waals surface area contributed by atoms with Crippen molar-refractivity contribution in [2.45, 2.75) is 26.7 Å². The van der Waals surface area contributed by atoms with Crippen molar-refractivity contribution in [2.24, 2.45) is 5.41 Å². The van der Waals surface area contributed by atoms with E-state index in [0.29, 0.717) is 19.6 Å². The number of esters is 1. The standard InChI is InChI=1S/C11H20O3/c1-5-11(3,8-7-9-13-4)10(12)14-6-2/h5H,1,6-9H2,2-4H3. The van der Waals surface area contributed by atoms with Gasteiger partial charge < -0.3 is 9.47 Å². The lowest BCUT2D eigenvalue weighted by Gasteiger charge is -2.22. The number of hydrogen-bond donors (Lipinski definition) is 0. The first-order valence-corrected chi connectivity index (χ1v) is 4.90. The molecule has 0 saturated heterocycles. The molecule has 82 valence electrons. The second-order valence-electron chi connectivity index (χ2n) is 3.44. The fourth-order valence-electron chi connectivity index (χ4n) is 1.17. The first kappa shape index (κ1) is 13.2. The van der Waals surface area contributed by atoms with Crippen LogP contribution in [0.25, 0.3) is 0 Å². The zero-order chi connectivity index (χ0) is 11.0. The van der Waals surface area contributed by atoms with E-state index in [9.17, 15) is 4.79 Å². The van der Waals surface area contributed by atoms with Gasteiger partial charge >= 0.3 is 5.97 Å². The highest BCUT2D eigenvalue weighted by Crippen LogP contribution is 2.26. The molecule has 14 heavy (non-hydrogen) atoms.